The SMILES string of the molecule is CC(C)N(CC(=O)N1CCn2cccc2C1c1cccc(Oc2ccccc2)c1)C(=O)NCc1ccccc1. The van der Waals surface area contributed by atoms with Crippen LogP contribution in [0.15, 0.2) is 103 Å². The van der Waals surface area contributed by atoms with Gasteiger partial charge >= 0.3 is 6.03 Å². The van der Waals surface area contributed by atoms with Crippen LogP contribution in [0.1, 0.15) is 36.7 Å². The van der Waals surface area contributed by atoms with Crippen LogP contribution in [0.2, 0.25) is 0 Å². The summed E-state index contributed by atoms with van der Waals surface area (Å²) < 4.78 is 8.28. The molecule has 1 aliphatic heterocycles. The first-order valence-electron chi connectivity index (χ1n) is 13.4. The van der Waals surface area contributed by atoms with Crippen LogP contribution < -0.4 is 10.1 Å². The predicted octanol–water partition coefficient (Wildman–Crippen LogP) is 5.83. The van der Waals surface area contributed by atoms with Gasteiger partial charge in [0.2, 0.25) is 5.91 Å². The van der Waals surface area contributed by atoms with Gasteiger partial charge in [0.05, 0.1) is 6.04 Å². The largest absolute Gasteiger partial charge is 0.457 e. The van der Waals surface area contributed by atoms with Crippen molar-refractivity contribution in [3.63, 3.8) is 0 Å². The van der Waals surface area contributed by atoms with Gasteiger partial charge in [-0.05, 0) is 61.4 Å². The zero-order valence-corrected chi connectivity index (χ0v) is 22.4. The second kappa shape index (κ2) is 11.9. The fraction of sp³-hybridized carbons (Fsp3) is 0.250. The average Bonchev–Trinajstić information content (AvgIpc) is 3.44. The summed E-state index contributed by atoms with van der Waals surface area (Å²) in [6.45, 7) is 5.51. The number of urea groups is 1. The van der Waals surface area contributed by atoms with E-state index in [1.54, 1.807) is 4.90 Å². The molecule has 39 heavy (non-hydrogen) atoms. The number of aromatic nitrogens is 1. The summed E-state index contributed by atoms with van der Waals surface area (Å²) in [5, 5.41) is 2.97. The van der Waals surface area contributed by atoms with Gasteiger partial charge in [-0.3, -0.25) is 4.79 Å². The number of nitrogens with one attached hydrogen (secondary N) is 1. The van der Waals surface area contributed by atoms with Crippen molar-refractivity contribution in [3.8, 4) is 11.5 Å². The lowest BCUT2D eigenvalue weighted by atomic mass is 9.99. The van der Waals surface area contributed by atoms with Gasteiger partial charge in [0.15, 0.2) is 0 Å². The van der Waals surface area contributed by atoms with E-state index in [1.165, 1.54) is 0 Å². The molecule has 0 bridgehead atoms. The lowest BCUT2D eigenvalue weighted by molar-refractivity contribution is -0.134. The third kappa shape index (κ3) is 6.14. The Balaban J connectivity index is 1.36. The highest BCUT2D eigenvalue weighted by atomic mass is 16.5. The minimum absolute atomic E-state index is 0.00426. The first-order chi connectivity index (χ1) is 19.0. The summed E-state index contributed by atoms with van der Waals surface area (Å²) in [5.74, 6) is 1.37. The van der Waals surface area contributed by atoms with Crippen LogP contribution in [-0.4, -0.2) is 45.4 Å². The summed E-state index contributed by atoms with van der Waals surface area (Å²) in [5.41, 5.74) is 3.01. The zero-order chi connectivity index (χ0) is 27.2. The number of para-hydroxylation sites is 1. The van der Waals surface area contributed by atoms with Gasteiger partial charge in [-0.1, -0.05) is 60.7 Å². The standard InChI is InChI=1S/C32H34N4O3/c1-24(2)36(32(38)33-22-25-11-5-3-6-12-25)23-30(37)35-20-19-34-18-10-17-29(34)31(35)26-13-9-16-28(21-26)39-27-14-7-4-8-15-27/h3-18,21,24,31H,19-20,22-23H2,1-2H3,(H,33,38). The Hall–Kier alpha value is -4.52. The number of nitrogens with zero attached hydrogens (tertiary/aromatic N) is 3. The van der Waals surface area contributed by atoms with Crippen LogP contribution in [0.25, 0.3) is 0 Å². The Kier molecular flexibility index (Phi) is 7.96. The van der Waals surface area contributed by atoms with Crippen LogP contribution in [0.4, 0.5) is 4.79 Å². The summed E-state index contributed by atoms with van der Waals surface area (Å²) in [6.07, 6.45) is 2.05. The Morgan fingerprint density at radius 2 is 1.62 bits per heavy atom. The van der Waals surface area contributed by atoms with Gasteiger partial charge in [0.25, 0.3) is 0 Å². The number of rotatable bonds is 8. The third-order valence-electron chi connectivity index (χ3n) is 6.99. The molecule has 200 valence electrons. The molecule has 1 aromatic heterocycles. The molecule has 0 radical (unpaired) electrons. The van der Waals surface area contributed by atoms with Crippen molar-refractivity contribution in [2.24, 2.45) is 0 Å². The molecule has 1 unspecified atom stereocenters. The molecule has 1 atom stereocenters. The van der Waals surface area contributed by atoms with E-state index in [9.17, 15) is 9.59 Å². The van der Waals surface area contributed by atoms with Gasteiger partial charge in [-0.25, -0.2) is 4.79 Å². The van der Waals surface area contributed by atoms with Gasteiger partial charge in [-0.15, -0.1) is 0 Å². The molecule has 4 aromatic rings. The van der Waals surface area contributed by atoms with E-state index in [-0.39, 0.29) is 30.6 Å². The molecule has 5 rings (SSSR count). The van der Waals surface area contributed by atoms with Crippen molar-refractivity contribution in [2.75, 3.05) is 13.1 Å². The van der Waals surface area contributed by atoms with E-state index < -0.39 is 0 Å². The first kappa shape index (κ1) is 26.1. The number of amides is 3. The molecule has 0 aliphatic carbocycles. The summed E-state index contributed by atoms with van der Waals surface area (Å²) in [4.78, 5) is 30.5. The molecule has 0 fully saturated rings. The highest BCUT2D eigenvalue weighted by Crippen LogP contribution is 2.35. The zero-order valence-electron chi connectivity index (χ0n) is 22.4. The number of fused-ring (bicyclic) bond motifs is 1. The van der Waals surface area contributed by atoms with Crippen molar-refractivity contribution in [2.45, 2.75) is 39.0 Å². The Bertz CT molecular complexity index is 1400. The van der Waals surface area contributed by atoms with Gasteiger partial charge < -0.3 is 24.4 Å². The van der Waals surface area contributed by atoms with E-state index in [4.69, 9.17) is 4.74 Å². The maximum Gasteiger partial charge on any atom is 0.318 e. The van der Waals surface area contributed by atoms with Crippen LogP contribution in [0, 0.1) is 0 Å². The summed E-state index contributed by atoms with van der Waals surface area (Å²) >= 11 is 0. The molecular formula is C32H34N4O3. The molecule has 3 amide bonds. The smallest absolute Gasteiger partial charge is 0.318 e. The molecule has 1 N–H and O–H groups in total. The monoisotopic (exact) mass is 522 g/mol. The molecule has 1 aliphatic rings. The van der Waals surface area contributed by atoms with Crippen molar-refractivity contribution in [1.82, 2.24) is 19.7 Å². The Labute approximate surface area is 229 Å². The first-order valence-corrected chi connectivity index (χ1v) is 13.4. The molecular weight excluding hydrogens is 488 g/mol. The second-order valence-electron chi connectivity index (χ2n) is 9.97. The summed E-state index contributed by atoms with van der Waals surface area (Å²) in [7, 11) is 0. The molecule has 0 saturated carbocycles. The lowest BCUT2D eigenvalue weighted by Gasteiger charge is -2.39. The Morgan fingerprint density at radius 3 is 2.36 bits per heavy atom. The quantitative estimate of drug-likeness (QED) is 0.317. The molecule has 3 aromatic carbocycles. The van der Waals surface area contributed by atoms with E-state index in [0.29, 0.717) is 25.4 Å². The topological polar surface area (TPSA) is 66.8 Å². The number of benzene rings is 3. The molecule has 0 spiro atoms. The van der Waals surface area contributed by atoms with Crippen molar-refractivity contribution < 1.29 is 14.3 Å². The third-order valence-corrected chi connectivity index (χ3v) is 6.99. The van der Waals surface area contributed by atoms with E-state index in [1.807, 2.05) is 116 Å². The normalized spacial score (nSPS) is 14.5. The molecule has 0 saturated heterocycles. The van der Waals surface area contributed by atoms with Crippen LogP contribution in [0.3, 0.4) is 0 Å². The number of carbonyl (C=O) groups is 2. The van der Waals surface area contributed by atoms with Gasteiger partial charge in [-0.2, -0.15) is 0 Å². The second-order valence-corrected chi connectivity index (χ2v) is 9.97. The van der Waals surface area contributed by atoms with E-state index in [0.717, 1.165) is 22.6 Å². The molecule has 7 heteroatoms. The predicted molar refractivity (Wildman–Crippen MR) is 151 cm³/mol. The van der Waals surface area contributed by atoms with Crippen LogP contribution >= 0.6 is 0 Å². The van der Waals surface area contributed by atoms with Crippen LogP contribution in [-0.2, 0) is 17.9 Å². The van der Waals surface area contributed by atoms with Gasteiger partial charge in [0, 0.05) is 37.6 Å². The summed E-state index contributed by atoms with van der Waals surface area (Å²) in [6, 6.07) is 30.7. The molecule has 2 heterocycles. The van der Waals surface area contributed by atoms with E-state index >= 15 is 0 Å². The fourth-order valence-corrected chi connectivity index (χ4v) is 4.98. The highest BCUT2D eigenvalue weighted by Gasteiger charge is 2.34. The van der Waals surface area contributed by atoms with E-state index in [2.05, 4.69) is 16.0 Å². The minimum Gasteiger partial charge on any atom is -0.457 e. The highest BCUT2D eigenvalue weighted by molar-refractivity contribution is 5.85. The van der Waals surface area contributed by atoms with Crippen molar-refractivity contribution in [3.05, 3.63) is 120 Å². The maximum absolute atomic E-state index is 13.8. The fourth-order valence-electron chi connectivity index (χ4n) is 4.98. The van der Waals surface area contributed by atoms with Crippen molar-refractivity contribution in [1.29, 1.82) is 0 Å². The Morgan fingerprint density at radius 1 is 0.897 bits per heavy atom. The number of hydrogen-bond donors (Lipinski definition) is 1. The number of ether oxygens (including phenoxy) is 1. The van der Waals surface area contributed by atoms with Crippen molar-refractivity contribution >= 4 is 11.9 Å². The lowest BCUT2D eigenvalue weighted by Crippen LogP contribution is -2.51. The number of carbonyl (C=O) groups excluding carboxylic acids is 2. The molecule has 7 nitrogen and oxygen atoms in total. The maximum atomic E-state index is 13.8. The minimum atomic E-state index is -0.290. The number of hydrogen-bond acceptors (Lipinski definition) is 3. The van der Waals surface area contributed by atoms with Gasteiger partial charge in [0.1, 0.15) is 18.0 Å². The van der Waals surface area contributed by atoms with Crippen LogP contribution in [0.5, 0.6) is 11.5 Å². The average molecular weight is 523 g/mol.